The highest BCUT2D eigenvalue weighted by atomic mass is 16.4. The van der Waals surface area contributed by atoms with Crippen LogP contribution in [0.3, 0.4) is 0 Å². The maximum absolute atomic E-state index is 11.5. The van der Waals surface area contributed by atoms with Crippen molar-refractivity contribution in [1.82, 2.24) is 10.6 Å². The minimum Gasteiger partial charge on any atom is -0.481 e. The van der Waals surface area contributed by atoms with Crippen LogP contribution in [-0.2, 0) is 9.59 Å². The van der Waals surface area contributed by atoms with Crippen LogP contribution in [0.5, 0.6) is 0 Å². The zero-order valence-electron chi connectivity index (χ0n) is 10.2. The fourth-order valence-electron chi connectivity index (χ4n) is 2.10. The van der Waals surface area contributed by atoms with Gasteiger partial charge >= 0.3 is 18.0 Å². The van der Waals surface area contributed by atoms with Crippen LogP contribution >= 0.6 is 0 Å². The Bertz CT molecular complexity index is 344. The van der Waals surface area contributed by atoms with E-state index in [-0.39, 0.29) is 6.04 Å². The van der Waals surface area contributed by atoms with Crippen LogP contribution < -0.4 is 10.6 Å². The number of carbonyl (C=O) groups excluding carboxylic acids is 1. The maximum atomic E-state index is 11.5. The quantitative estimate of drug-likeness (QED) is 0.569. The molecule has 7 heteroatoms. The Balaban J connectivity index is 2.41. The average Bonchev–Trinajstić information content (AvgIpc) is 2.62. The summed E-state index contributed by atoms with van der Waals surface area (Å²) in [7, 11) is 0. The predicted molar refractivity (Wildman–Crippen MR) is 62.1 cm³/mol. The number of carbonyl (C=O) groups is 3. The molecule has 18 heavy (non-hydrogen) atoms. The van der Waals surface area contributed by atoms with E-state index in [1.807, 2.05) is 0 Å². The van der Waals surface area contributed by atoms with Gasteiger partial charge in [0.05, 0.1) is 6.42 Å². The molecule has 4 N–H and O–H groups in total. The van der Waals surface area contributed by atoms with Gasteiger partial charge in [-0.1, -0.05) is 6.92 Å². The molecular weight excluding hydrogens is 240 g/mol. The van der Waals surface area contributed by atoms with Crippen molar-refractivity contribution in [2.75, 3.05) is 0 Å². The number of rotatable bonds is 5. The molecule has 0 bridgehead atoms. The van der Waals surface area contributed by atoms with Gasteiger partial charge in [0.1, 0.15) is 6.04 Å². The molecule has 1 aliphatic carbocycles. The molecule has 2 amide bonds. The first kappa shape index (κ1) is 14.3. The monoisotopic (exact) mass is 258 g/mol. The Labute approximate surface area is 105 Å². The maximum Gasteiger partial charge on any atom is 0.326 e. The molecule has 1 saturated carbocycles. The van der Waals surface area contributed by atoms with Crippen molar-refractivity contribution >= 4 is 18.0 Å². The number of carboxylic acid groups (broad SMARTS) is 2. The van der Waals surface area contributed by atoms with E-state index in [4.69, 9.17) is 10.2 Å². The van der Waals surface area contributed by atoms with Gasteiger partial charge < -0.3 is 20.8 Å². The van der Waals surface area contributed by atoms with Crippen molar-refractivity contribution in [3.63, 3.8) is 0 Å². The summed E-state index contributed by atoms with van der Waals surface area (Å²) in [6, 6.07) is -1.98. The minimum absolute atomic E-state index is 0.0410. The number of hydrogen-bond donors (Lipinski definition) is 4. The first-order valence-electron chi connectivity index (χ1n) is 5.90. The summed E-state index contributed by atoms with van der Waals surface area (Å²) in [6.07, 6.45) is 2.13. The third kappa shape index (κ3) is 4.60. The summed E-state index contributed by atoms with van der Waals surface area (Å²) in [4.78, 5) is 32.7. The van der Waals surface area contributed by atoms with E-state index in [9.17, 15) is 14.4 Å². The molecule has 0 heterocycles. The van der Waals surface area contributed by atoms with Crippen LogP contribution in [0.1, 0.15) is 32.6 Å². The van der Waals surface area contributed by atoms with Gasteiger partial charge in [-0.25, -0.2) is 9.59 Å². The average molecular weight is 258 g/mol. The molecule has 0 aliphatic heterocycles. The molecule has 0 spiro atoms. The van der Waals surface area contributed by atoms with Crippen molar-refractivity contribution in [3.8, 4) is 0 Å². The summed E-state index contributed by atoms with van der Waals surface area (Å²) in [5, 5.41) is 22.1. The first-order chi connectivity index (χ1) is 8.38. The Morgan fingerprint density at radius 3 is 2.39 bits per heavy atom. The molecule has 1 aliphatic rings. The third-order valence-corrected chi connectivity index (χ3v) is 3.01. The van der Waals surface area contributed by atoms with Gasteiger partial charge in [-0.2, -0.15) is 0 Å². The standard InChI is InChI=1S/C11H18N2O5/c1-6-2-3-7(4-6)12-11(18)13-8(10(16)17)5-9(14)15/h6-8H,2-5H2,1H3,(H,14,15)(H,16,17)(H2,12,13,18)/t6?,7?,8-/m1/s1. The molecule has 1 rings (SSSR count). The van der Waals surface area contributed by atoms with Crippen molar-refractivity contribution < 1.29 is 24.6 Å². The van der Waals surface area contributed by atoms with Crippen molar-refractivity contribution in [1.29, 1.82) is 0 Å². The number of hydrogen-bond acceptors (Lipinski definition) is 3. The van der Waals surface area contributed by atoms with Gasteiger partial charge in [0.2, 0.25) is 0 Å². The molecule has 0 aromatic rings. The molecule has 7 nitrogen and oxygen atoms in total. The van der Waals surface area contributed by atoms with Crippen LogP contribution in [0.15, 0.2) is 0 Å². The Morgan fingerprint density at radius 2 is 1.94 bits per heavy atom. The third-order valence-electron chi connectivity index (χ3n) is 3.01. The van der Waals surface area contributed by atoms with E-state index in [2.05, 4.69) is 17.6 Å². The first-order valence-corrected chi connectivity index (χ1v) is 5.90. The number of amides is 2. The zero-order chi connectivity index (χ0) is 13.7. The summed E-state index contributed by atoms with van der Waals surface area (Å²) >= 11 is 0. The summed E-state index contributed by atoms with van der Waals surface area (Å²) in [5.41, 5.74) is 0. The molecular formula is C11H18N2O5. The Hall–Kier alpha value is -1.79. The molecule has 102 valence electrons. The second-order valence-electron chi connectivity index (χ2n) is 4.72. The lowest BCUT2D eigenvalue weighted by molar-refractivity contribution is -0.145. The van der Waals surface area contributed by atoms with Crippen LogP contribution in [0.2, 0.25) is 0 Å². The number of aliphatic carboxylic acids is 2. The van der Waals surface area contributed by atoms with Gasteiger partial charge in [0, 0.05) is 6.04 Å². The molecule has 3 atom stereocenters. The predicted octanol–water partition coefficient (Wildman–Crippen LogP) is 0.402. The highest BCUT2D eigenvalue weighted by molar-refractivity contribution is 5.86. The van der Waals surface area contributed by atoms with E-state index in [0.717, 1.165) is 19.3 Å². The van der Waals surface area contributed by atoms with Crippen molar-refractivity contribution in [2.45, 2.75) is 44.7 Å². The number of urea groups is 1. The minimum atomic E-state index is -1.40. The van der Waals surface area contributed by atoms with Crippen molar-refractivity contribution in [3.05, 3.63) is 0 Å². The lowest BCUT2D eigenvalue weighted by Gasteiger charge is -2.16. The molecule has 1 fully saturated rings. The van der Waals surface area contributed by atoms with Crippen LogP contribution in [0.25, 0.3) is 0 Å². The normalized spacial score (nSPS) is 24.3. The van der Waals surface area contributed by atoms with E-state index in [1.54, 1.807) is 0 Å². The van der Waals surface area contributed by atoms with Gasteiger partial charge in [0.25, 0.3) is 0 Å². The van der Waals surface area contributed by atoms with E-state index in [1.165, 1.54) is 0 Å². The van der Waals surface area contributed by atoms with Crippen LogP contribution in [-0.4, -0.2) is 40.3 Å². The largest absolute Gasteiger partial charge is 0.481 e. The van der Waals surface area contributed by atoms with E-state index in [0.29, 0.717) is 5.92 Å². The highest BCUT2D eigenvalue weighted by Gasteiger charge is 2.26. The van der Waals surface area contributed by atoms with Gasteiger partial charge in [-0.05, 0) is 25.2 Å². The Morgan fingerprint density at radius 1 is 1.28 bits per heavy atom. The van der Waals surface area contributed by atoms with Gasteiger partial charge in [0.15, 0.2) is 0 Å². The van der Waals surface area contributed by atoms with E-state index < -0.39 is 30.4 Å². The summed E-state index contributed by atoms with van der Waals surface area (Å²) in [6.45, 7) is 2.09. The lowest BCUT2D eigenvalue weighted by Crippen LogP contribution is -2.49. The second-order valence-corrected chi connectivity index (χ2v) is 4.72. The zero-order valence-corrected chi connectivity index (χ0v) is 10.2. The van der Waals surface area contributed by atoms with Crippen LogP contribution in [0, 0.1) is 5.92 Å². The number of nitrogens with one attached hydrogen (secondary N) is 2. The van der Waals surface area contributed by atoms with E-state index >= 15 is 0 Å². The molecule has 0 aromatic carbocycles. The van der Waals surface area contributed by atoms with Crippen molar-refractivity contribution in [2.24, 2.45) is 5.92 Å². The fraction of sp³-hybridized carbons (Fsp3) is 0.727. The smallest absolute Gasteiger partial charge is 0.326 e. The van der Waals surface area contributed by atoms with Gasteiger partial charge in [-0.3, -0.25) is 4.79 Å². The second kappa shape index (κ2) is 6.23. The van der Waals surface area contributed by atoms with Crippen LogP contribution in [0.4, 0.5) is 4.79 Å². The lowest BCUT2D eigenvalue weighted by atomic mass is 10.1. The molecule has 0 aromatic heterocycles. The number of carboxylic acids is 2. The molecule has 0 saturated heterocycles. The summed E-state index contributed by atoms with van der Waals surface area (Å²) < 4.78 is 0. The fourth-order valence-corrected chi connectivity index (χ4v) is 2.10. The molecule has 0 radical (unpaired) electrons. The summed E-state index contributed by atoms with van der Waals surface area (Å²) in [5.74, 6) is -2.07. The topological polar surface area (TPSA) is 116 Å². The Kier molecular flexibility index (Phi) is 4.94. The SMILES string of the molecule is CC1CCC(NC(=O)N[C@H](CC(=O)O)C(=O)O)C1. The molecule has 2 unspecified atom stereocenters. The van der Waals surface area contributed by atoms with Gasteiger partial charge in [-0.15, -0.1) is 0 Å². The highest BCUT2D eigenvalue weighted by Crippen LogP contribution is 2.24.